The van der Waals surface area contributed by atoms with Gasteiger partial charge in [-0.15, -0.1) is 0 Å². The van der Waals surface area contributed by atoms with Gasteiger partial charge in [0.25, 0.3) is 11.8 Å². The zero-order chi connectivity index (χ0) is 22.6. The van der Waals surface area contributed by atoms with Crippen molar-refractivity contribution in [2.24, 2.45) is 0 Å². The summed E-state index contributed by atoms with van der Waals surface area (Å²) in [7, 11) is 0. The lowest BCUT2D eigenvalue weighted by atomic mass is 10.0. The maximum absolute atomic E-state index is 12.9. The molecule has 0 bridgehead atoms. The number of rotatable bonds is 6. The number of amides is 2. The van der Waals surface area contributed by atoms with Crippen molar-refractivity contribution in [2.75, 3.05) is 24.6 Å². The third-order valence-corrected chi connectivity index (χ3v) is 6.15. The van der Waals surface area contributed by atoms with Gasteiger partial charge in [-0.05, 0) is 56.0 Å². The monoisotopic (exact) mass is 446 g/mol. The molecule has 0 unspecified atom stereocenters. The van der Waals surface area contributed by atoms with Crippen LogP contribution in [-0.2, 0) is 9.59 Å². The molecule has 2 fully saturated rings. The molecule has 3 aromatic rings. The van der Waals surface area contributed by atoms with Crippen molar-refractivity contribution in [2.45, 2.75) is 38.1 Å². The highest BCUT2D eigenvalue weighted by atomic mass is 16.5. The molecular weight excluding hydrogens is 420 g/mol. The highest BCUT2D eigenvalue weighted by molar-refractivity contribution is 5.95. The van der Waals surface area contributed by atoms with Crippen LogP contribution in [0.15, 0.2) is 59.1 Å². The van der Waals surface area contributed by atoms with Gasteiger partial charge in [0.05, 0.1) is 6.04 Å². The Morgan fingerprint density at radius 2 is 1.94 bits per heavy atom. The maximum Gasteiger partial charge on any atom is 0.261 e. The molecule has 0 saturated carbocycles. The normalized spacial score (nSPS) is 18.5. The Kier molecular flexibility index (Phi) is 6.06. The highest BCUT2D eigenvalue weighted by Gasteiger charge is 2.32. The average molecular weight is 447 g/mol. The Hall–Kier alpha value is -3.68. The predicted molar refractivity (Wildman–Crippen MR) is 122 cm³/mol. The van der Waals surface area contributed by atoms with Crippen LogP contribution >= 0.6 is 0 Å². The number of carbonyl (C=O) groups excluding carboxylic acids is 2. The zero-order valence-electron chi connectivity index (χ0n) is 18.4. The summed E-state index contributed by atoms with van der Waals surface area (Å²) in [5.41, 5.74) is 1.59. The van der Waals surface area contributed by atoms with E-state index >= 15 is 0 Å². The molecule has 8 nitrogen and oxygen atoms in total. The number of nitrogens with zero attached hydrogens (tertiary/aromatic N) is 4. The van der Waals surface area contributed by atoms with Crippen LogP contribution in [-0.4, -0.2) is 46.6 Å². The van der Waals surface area contributed by atoms with Crippen LogP contribution in [0.2, 0.25) is 0 Å². The number of para-hydroxylation sites is 1. The minimum Gasteiger partial charge on any atom is -0.484 e. The number of hydrogen-bond acceptors (Lipinski definition) is 6. The second kappa shape index (κ2) is 9.44. The summed E-state index contributed by atoms with van der Waals surface area (Å²) in [6.07, 6.45) is 4.15. The fourth-order valence-electron chi connectivity index (χ4n) is 4.46. The van der Waals surface area contributed by atoms with Crippen molar-refractivity contribution in [3.63, 3.8) is 0 Å². The number of benzene rings is 2. The second-order valence-electron chi connectivity index (χ2n) is 8.36. The van der Waals surface area contributed by atoms with E-state index in [4.69, 9.17) is 9.26 Å². The third-order valence-electron chi connectivity index (χ3n) is 6.15. The van der Waals surface area contributed by atoms with E-state index in [-0.39, 0.29) is 24.5 Å². The van der Waals surface area contributed by atoms with Gasteiger partial charge in [-0.3, -0.25) is 9.59 Å². The van der Waals surface area contributed by atoms with Crippen molar-refractivity contribution in [1.29, 1.82) is 0 Å². The summed E-state index contributed by atoms with van der Waals surface area (Å²) in [4.78, 5) is 33.2. The molecule has 2 amide bonds. The Balaban J connectivity index is 1.31. The summed E-state index contributed by atoms with van der Waals surface area (Å²) < 4.78 is 11.2. The summed E-state index contributed by atoms with van der Waals surface area (Å²) in [5.74, 6) is 1.59. The lowest BCUT2D eigenvalue weighted by Crippen LogP contribution is -2.41. The minimum absolute atomic E-state index is 0.0306. The largest absolute Gasteiger partial charge is 0.484 e. The van der Waals surface area contributed by atoms with Gasteiger partial charge in [-0.1, -0.05) is 29.4 Å². The van der Waals surface area contributed by atoms with Gasteiger partial charge in [-0.25, -0.2) is 0 Å². The molecule has 0 radical (unpaired) electrons. The number of aromatic nitrogens is 2. The average Bonchev–Trinajstić information content (AvgIpc) is 3.53. The number of hydrogen-bond donors (Lipinski definition) is 0. The minimum atomic E-state index is -0.244. The van der Waals surface area contributed by atoms with Crippen molar-refractivity contribution >= 4 is 17.5 Å². The smallest absolute Gasteiger partial charge is 0.261 e. The van der Waals surface area contributed by atoms with Gasteiger partial charge >= 0.3 is 0 Å². The van der Waals surface area contributed by atoms with Crippen LogP contribution in [0.5, 0.6) is 5.75 Å². The summed E-state index contributed by atoms with van der Waals surface area (Å²) in [6, 6.07) is 16.7. The maximum atomic E-state index is 12.9. The molecule has 0 spiro atoms. The van der Waals surface area contributed by atoms with Crippen molar-refractivity contribution in [1.82, 2.24) is 15.0 Å². The Bertz CT molecular complexity index is 1130. The second-order valence-corrected chi connectivity index (χ2v) is 8.36. The van der Waals surface area contributed by atoms with E-state index in [1.807, 2.05) is 54.6 Å². The van der Waals surface area contributed by atoms with Crippen molar-refractivity contribution < 1.29 is 18.8 Å². The molecule has 2 aliphatic heterocycles. The van der Waals surface area contributed by atoms with Crippen LogP contribution in [0.25, 0.3) is 11.5 Å². The van der Waals surface area contributed by atoms with Crippen LogP contribution in [0.4, 0.5) is 5.69 Å². The van der Waals surface area contributed by atoms with E-state index in [9.17, 15) is 9.59 Å². The van der Waals surface area contributed by atoms with E-state index in [2.05, 4.69) is 10.1 Å². The molecule has 2 aliphatic rings. The summed E-state index contributed by atoms with van der Waals surface area (Å²) >= 11 is 0. The number of likely N-dealkylation sites (tertiary alicyclic amines) is 1. The fraction of sp³-hybridized carbons (Fsp3) is 0.360. The summed E-state index contributed by atoms with van der Waals surface area (Å²) in [5, 5.41) is 4.21. The first-order valence-electron chi connectivity index (χ1n) is 11.4. The summed E-state index contributed by atoms with van der Waals surface area (Å²) in [6.45, 7) is 1.33. The van der Waals surface area contributed by atoms with Gasteiger partial charge in [0.15, 0.2) is 12.4 Å². The first-order valence-corrected chi connectivity index (χ1v) is 11.4. The van der Waals surface area contributed by atoms with E-state index in [1.54, 1.807) is 9.80 Å². The van der Waals surface area contributed by atoms with Crippen molar-refractivity contribution in [3.8, 4) is 17.2 Å². The third kappa shape index (κ3) is 4.60. The number of carbonyl (C=O) groups is 2. The molecule has 5 rings (SSSR count). The lowest BCUT2D eigenvalue weighted by Gasteiger charge is -2.33. The van der Waals surface area contributed by atoms with Crippen LogP contribution in [0, 0.1) is 0 Å². The van der Waals surface area contributed by atoms with Gasteiger partial charge in [0.2, 0.25) is 5.91 Å². The first-order chi connectivity index (χ1) is 16.2. The molecule has 1 atom stereocenters. The van der Waals surface area contributed by atoms with Gasteiger partial charge in [0, 0.05) is 30.8 Å². The van der Waals surface area contributed by atoms with E-state index in [0.29, 0.717) is 30.4 Å². The Labute approximate surface area is 192 Å². The van der Waals surface area contributed by atoms with E-state index < -0.39 is 0 Å². The standard InChI is InChI=1S/C25H26N4O4/c30-22-13-7-15-28(22)19-9-6-8-18(16-19)25-26-24(27-33-25)21-12-4-5-14-29(21)23(31)17-32-20-10-2-1-3-11-20/h1-3,6,8-11,16,21H,4-5,7,12-15,17H2/t21-/m1/s1. The predicted octanol–water partition coefficient (Wildman–Crippen LogP) is 4.00. The quantitative estimate of drug-likeness (QED) is 0.569. The van der Waals surface area contributed by atoms with Gasteiger partial charge in [0.1, 0.15) is 5.75 Å². The highest BCUT2D eigenvalue weighted by Crippen LogP contribution is 2.32. The van der Waals surface area contributed by atoms with E-state index in [0.717, 1.165) is 43.5 Å². The van der Waals surface area contributed by atoms with Crippen LogP contribution < -0.4 is 9.64 Å². The SMILES string of the molecule is O=C1CCCN1c1cccc(-c2nc([C@H]3CCCCN3C(=O)COc3ccccc3)no2)c1. The van der Waals surface area contributed by atoms with Crippen molar-refractivity contribution in [3.05, 3.63) is 60.4 Å². The number of piperidine rings is 1. The van der Waals surface area contributed by atoms with E-state index in [1.165, 1.54) is 0 Å². The first kappa shape index (κ1) is 21.2. The van der Waals surface area contributed by atoms with Crippen LogP contribution in [0.1, 0.15) is 44.0 Å². The Morgan fingerprint density at radius 1 is 1.06 bits per heavy atom. The molecule has 8 heteroatoms. The molecule has 33 heavy (non-hydrogen) atoms. The Morgan fingerprint density at radius 3 is 2.76 bits per heavy atom. The van der Waals surface area contributed by atoms with Crippen LogP contribution in [0.3, 0.4) is 0 Å². The molecule has 0 aliphatic carbocycles. The molecule has 2 aromatic carbocycles. The topological polar surface area (TPSA) is 88.8 Å². The number of anilines is 1. The zero-order valence-corrected chi connectivity index (χ0v) is 18.4. The molecule has 170 valence electrons. The molecule has 0 N–H and O–H groups in total. The lowest BCUT2D eigenvalue weighted by molar-refractivity contribution is -0.137. The molecule has 1 aromatic heterocycles. The number of ether oxygens (including phenoxy) is 1. The molecule has 3 heterocycles. The molecule has 2 saturated heterocycles. The van der Waals surface area contributed by atoms with Gasteiger partial charge in [-0.2, -0.15) is 4.98 Å². The fourth-order valence-corrected chi connectivity index (χ4v) is 4.46. The van der Waals surface area contributed by atoms with Gasteiger partial charge < -0.3 is 19.1 Å². The molecular formula is C25H26N4O4.